The summed E-state index contributed by atoms with van der Waals surface area (Å²) in [6.07, 6.45) is -1.34. The van der Waals surface area contributed by atoms with Crippen LogP contribution in [-0.2, 0) is 6.18 Å². The second-order valence-electron chi connectivity index (χ2n) is 6.55. The average molecular weight is 385 g/mol. The Bertz CT molecular complexity index is 790. The summed E-state index contributed by atoms with van der Waals surface area (Å²) in [4.78, 5) is 8.97. The van der Waals surface area contributed by atoms with Crippen molar-refractivity contribution in [1.82, 2.24) is 9.97 Å². The molecular weight excluding hydrogens is 365 g/mol. The van der Waals surface area contributed by atoms with E-state index in [1.165, 1.54) is 6.07 Å². The molecule has 0 bridgehead atoms. The van der Waals surface area contributed by atoms with Gasteiger partial charge in [-0.05, 0) is 44.4 Å². The maximum atomic E-state index is 12.8. The molecule has 1 aromatic heterocycles. The highest BCUT2D eigenvalue weighted by Gasteiger charge is 2.31. The van der Waals surface area contributed by atoms with Crippen LogP contribution in [0.3, 0.4) is 0 Å². The Morgan fingerprint density at radius 2 is 1.96 bits per heavy atom. The van der Waals surface area contributed by atoms with Crippen molar-refractivity contribution in [3.05, 3.63) is 40.5 Å². The highest BCUT2D eigenvalue weighted by molar-refractivity contribution is 6.33. The van der Waals surface area contributed by atoms with E-state index in [0.717, 1.165) is 37.1 Å². The van der Waals surface area contributed by atoms with Gasteiger partial charge in [-0.25, -0.2) is 4.98 Å². The van der Waals surface area contributed by atoms with Crippen molar-refractivity contribution in [2.45, 2.75) is 51.2 Å². The van der Waals surface area contributed by atoms with Gasteiger partial charge in [-0.1, -0.05) is 18.5 Å². The molecule has 8 heteroatoms. The molecule has 0 saturated heterocycles. The Labute approximate surface area is 155 Å². The molecule has 0 amide bonds. The van der Waals surface area contributed by atoms with Gasteiger partial charge in [0.05, 0.1) is 22.0 Å². The highest BCUT2D eigenvalue weighted by atomic mass is 35.5. The molecule has 1 aliphatic carbocycles. The third-order valence-corrected chi connectivity index (χ3v) is 4.60. The summed E-state index contributed by atoms with van der Waals surface area (Å²) in [5, 5.41) is 6.24. The summed E-state index contributed by atoms with van der Waals surface area (Å²) in [5.41, 5.74) is 0.513. The number of hydrogen-bond donors (Lipinski definition) is 2. The maximum Gasteiger partial charge on any atom is 0.416 e. The molecule has 140 valence electrons. The Balaban J connectivity index is 1.87. The predicted octanol–water partition coefficient (Wildman–Crippen LogP) is 5.98. The fourth-order valence-corrected chi connectivity index (χ4v) is 2.66. The van der Waals surface area contributed by atoms with Gasteiger partial charge in [-0.15, -0.1) is 0 Å². The molecule has 2 aromatic rings. The van der Waals surface area contributed by atoms with Gasteiger partial charge in [0.25, 0.3) is 0 Å². The lowest BCUT2D eigenvalue weighted by molar-refractivity contribution is -0.137. The molecule has 1 fully saturated rings. The SMILES string of the molecule is CC[C@H](C)Nc1nc(Nc2ccc(C(F)(F)F)cc2Cl)cc(C2CC2)n1. The van der Waals surface area contributed by atoms with E-state index in [-0.39, 0.29) is 11.1 Å². The molecule has 3 rings (SSSR count). The minimum Gasteiger partial charge on any atom is -0.352 e. The molecule has 0 unspecified atom stereocenters. The largest absolute Gasteiger partial charge is 0.416 e. The molecule has 0 spiro atoms. The first-order valence-corrected chi connectivity index (χ1v) is 8.93. The van der Waals surface area contributed by atoms with Gasteiger partial charge in [0, 0.05) is 18.0 Å². The molecule has 1 heterocycles. The summed E-state index contributed by atoms with van der Waals surface area (Å²) >= 11 is 6.03. The Morgan fingerprint density at radius 1 is 1.23 bits per heavy atom. The topological polar surface area (TPSA) is 49.8 Å². The Kier molecular flexibility index (Phi) is 5.27. The Morgan fingerprint density at radius 3 is 2.54 bits per heavy atom. The Hall–Kier alpha value is -2.02. The molecule has 0 radical (unpaired) electrons. The number of anilines is 3. The average Bonchev–Trinajstić information content (AvgIpc) is 3.40. The van der Waals surface area contributed by atoms with Crippen molar-refractivity contribution in [2.75, 3.05) is 10.6 Å². The summed E-state index contributed by atoms with van der Waals surface area (Å²) in [5.74, 6) is 1.43. The zero-order valence-electron chi connectivity index (χ0n) is 14.5. The molecular formula is C18H20ClF3N4. The summed E-state index contributed by atoms with van der Waals surface area (Å²) in [6, 6.07) is 5.26. The van der Waals surface area contributed by atoms with E-state index in [0.29, 0.717) is 23.4 Å². The van der Waals surface area contributed by atoms with Gasteiger partial charge in [-0.2, -0.15) is 18.2 Å². The highest BCUT2D eigenvalue weighted by Crippen LogP contribution is 2.40. The van der Waals surface area contributed by atoms with Crippen LogP contribution < -0.4 is 10.6 Å². The quantitative estimate of drug-likeness (QED) is 0.643. The molecule has 1 aliphatic rings. The van der Waals surface area contributed by atoms with E-state index in [1.807, 2.05) is 13.0 Å². The smallest absolute Gasteiger partial charge is 0.352 e. The van der Waals surface area contributed by atoms with Crippen LogP contribution in [0.4, 0.5) is 30.6 Å². The second-order valence-corrected chi connectivity index (χ2v) is 6.95. The zero-order valence-corrected chi connectivity index (χ0v) is 15.2. The number of rotatable bonds is 6. The fourth-order valence-electron chi connectivity index (χ4n) is 2.44. The van der Waals surface area contributed by atoms with Crippen LogP contribution in [0.15, 0.2) is 24.3 Å². The van der Waals surface area contributed by atoms with Crippen LogP contribution in [0.1, 0.15) is 50.3 Å². The number of alkyl halides is 3. The molecule has 1 atom stereocenters. The van der Waals surface area contributed by atoms with Crippen molar-refractivity contribution in [1.29, 1.82) is 0 Å². The van der Waals surface area contributed by atoms with Crippen molar-refractivity contribution >= 4 is 29.1 Å². The third-order valence-electron chi connectivity index (χ3n) is 4.29. The maximum absolute atomic E-state index is 12.8. The van der Waals surface area contributed by atoms with Gasteiger partial charge < -0.3 is 10.6 Å². The van der Waals surface area contributed by atoms with E-state index in [1.54, 1.807) is 0 Å². The number of halogens is 4. The number of nitrogens with zero attached hydrogens (tertiary/aromatic N) is 2. The van der Waals surface area contributed by atoms with Crippen LogP contribution in [0.5, 0.6) is 0 Å². The normalized spacial score (nSPS) is 15.6. The number of nitrogens with one attached hydrogen (secondary N) is 2. The number of hydrogen-bond acceptors (Lipinski definition) is 4. The summed E-state index contributed by atoms with van der Waals surface area (Å²) < 4.78 is 38.3. The van der Waals surface area contributed by atoms with Gasteiger partial charge in [0.1, 0.15) is 5.82 Å². The standard InChI is InChI=1S/C18H20ClF3N4/c1-3-10(2)23-17-25-15(11-4-5-11)9-16(26-17)24-14-7-6-12(8-13(14)19)18(20,21)22/h6-11H,3-5H2,1-2H3,(H2,23,24,25,26)/t10-/m0/s1. The second kappa shape index (κ2) is 7.31. The van der Waals surface area contributed by atoms with Crippen molar-refractivity contribution in [2.24, 2.45) is 0 Å². The molecule has 2 N–H and O–H groups in total. The molecule has 1 aromatic carbocycles. The van der Waals surface area contributed by atoms with E-state index in [9.17, 15) is 13.2 Å². The van der Waals surface area contributed by atoms with Crippen LogP contribution in [0.25, 0.3) is 0 Å². The molecule has 0 aliphatic heterocycles. The lowest BCUT2D eigenvalue weighted by Gasteiger charge is -2.15. The molecule has 26 heavy (non-hydrogen) atoms. The molecule has 4 nitrogen and oxygen atoms in total. The summed E-state index contributed by atoms with van der Waals surface area (Å²) in [6.45, 7) is 4.09. The van der Waals surface area contributed by atoms with Crippen LogP contribution in [0.2, 0.25) is 5.02 Å². The first-order chi connectivity index (χ1) is 12.3. The van der Waals surface area contributed by atoms with Gasteiger partial charge >= 0.3 is 6.18 Å². The zero-order chi connectivity index (χ0) is 18.9. The van der Waals surface area contributed by atoms with Crippen LogP contribution in [-0.4, -0.2) is 16.0 Å². The third kappa shape index (κ3) is 4.58. The van der Waals surface area contributed by atoms with Gasteiger partial charge in [0.2, 0.25) is 5.95 Å². The van der Waals surface area contributed by atoms with E-state index in [2.05, 4.69) is 27.5 Å². The molecule has 1 saturated carbocycles. The van der Waals surface area contributed by atoms with E-state index < -0.39 is 11.7 Å². The van der Waals surface area contributed by atoms with Crippen molar-refractivity contribution in [3.8, 4) is 0 Å². The first-order valence-electron chi connectivity index (χ1n) is 8.55. The monoisotopic (exact) mass is 384 g/mol. The van der Waals surface area contributed by atoms with Crippen LogP contribution in [0, 0.1) is 0 Å². The fraction of sp³-hybridized carbons (Fsp3) is 0.444. The minimum absolute atomic E-state index is 0.0113. The summed E-state index contributed by atoms with van der Waals surface area (Å²) in [7, 11) is 0. The van der Waals surface area contributed by atoms with E-state index >= 15 is 0 Å². The van der Waals surface area contributed by atoms with Crippen molar-refractivity contribution in [3.63, 3.8) is 0 Å². The predicted molar refractivity (Wildman–Crippen MR) is 97.1 cm³/mol. The van der Waals surface area contributed by atoms with Gasteiger partial charge in [-0.3, -0.25) is 0 Å². The van der Waals surface area contributed by atoms with Crippen LogP contribution >= 0.6 is 11.6 Å². The lowest BCUT2D eigenvalue weighted by Crippen LogP contribution is -2.16. The van der Waals surface area contributed by atoms with Crippen molar-refractivity contribution < 1.29 is 13.2 Å². The lowest BCUT2D eigenvalue weighted by atomic mass is 10.2. The van der Waals surface area contributed by atoms with Gasteiger partial charge in [0.15, 0.2) is 0 Å². The van der Waals surface area contributed by atoms with E-state index in [4.69, 9.17) is 11.6 Å². The first kappa shape index (κ1) is 18.8. The minimum atomic E-state index is -4.43. The number of aromatic nitrogens is 2. The number of benzene rings is 1.